The van der Waals surface area contributed by atoms with Crippen molar-refractivity contribution in [2.45, 2.75) is 17.7 Å². The van der Waals surface area contributed by atoms with Gasteiger partial charge in [0.25, 0.3) is 11.1 Å². The van der Waals surface area contributed by atoms with E-state index in [1.54, 1.807) is 4.90 Å². The lowest BCUT2D eigenvalue weighted by molar-refractivity contribution is -0.135. The second-order valence-corrected chi connectivity index (χ2v) is 10.5. The molecule has 12 heteroatoms. The lowest BCUT2D eigenvalue weighted by atomic mass is 10.2. The van der Waals surface area contributed by atoms with E-state index >= 15 is 0 Å². The van der Waals surface area contributed by atoms with Gasteiger partial charge in [-0.1, -0.05) is 6.07 Å². The first kappa shape index (κ1) is 25.6. The Morgan fingerprint density at radius 3 is 2.33 bits per heavy atom. The Morgan fingerprint density at radius 1 is 1.00 bits per heavy atom. The van der Waals surface area contributed by atoms with Crippen LogP contribution in [0.4, 0.5) is 4.79 Å². The van der Waals surface area contributed by atoms with E-state index in [-0.39, 0.29) is 33.8 Å². The van der Waals surface area contributed by atoms with E-state index in [2.05, 4.69) is 0 Å². The van der Waals surface area contributed by atoms with E-state index in [1.165, 1.54) is 62.8 Å². The Bertz CT molecular complexity index is 1320. The van der Waals surface area contributed by atoms with Crippen molar-refractivity contribution in [1.29, 1.82) is 0 Å². The van der Waals surface area contributed by atoms with Crippen LogP contribution in [0.3, 0.4) is 0 Å². The number of ether oxygens (including phenoxy) is 2. The molecular weight excluding hydrogens is 508 g/mol. The van der Waals surface area contributed by atoms with Crippen LogP contribution < -0.4 is 13.7 Å². The first-order chi connectivity index (χ1) is 17.2. The lowest BCUT2D eigenvalue weighted by Gasteiger charge is -2.18. The van der Waals surface area contributed by atoms with Crippen LogP contribution in [0, 0.1) is 0 Å². The monoisotopic (exact) mass is 532 g/mol. The maximum absolute atomic E-state index is 12.8. The summed E-state index contributed by atoms with van der Waals surface area (Å²) < 4.78 is 41.0. The smallest absolute Gasteiger partial charge is 0.339 e. The van der Waals surface area contributed by atoms with Crippen molar-refractivity contribution in [2.75, 3.05) is 33.9 Å². The van der Waals surface area contributed by atoms with E-state index < -0.39 is 21.3 Å². The van der Waals surface area contributed by atoms with E-state index in [4.69, 9.17) is 13.7 Å². The Labute approximate surface area is 212 Å². The number of imide groups is 1. The first-order valence-electron chi connectivity index (χ1n) is 11.0. The molecule has 0 N–H and O–H groups in total. The molecule has 0 atom stereocenters. The van der Waals surface area contributed by atoms with Gasteiger partial charge in [-0.25, -0.2) is 0 Å². The van der Waals surface area contributed by atoms with Crippen molar-refractivity contribution in [3.05, 3.63) is 52.9 Å². The van der Waals surface area contributed by atoms with Crippen molar-refractivity contribution in [3.8, 4) is 17.2 Å². The fraction of sp³-hybridized carbons (Fsp3) is 0.292. The molecule has 0 aliphatic carbocycles. The van der Waals surface area contributed by atoms with Gasteiger partial charge in [0, 0.05) is 13.1 Å². The highest BCUT2D eigenvalue weighted by Gasteiger charge is 2.37. The summed E-state index contributed by atoms with van der Waals surface area (Å²) in [7, 11) is -1.32. The largest absolute Gasteiger partial charge is 0.497 e. The number of hydrogen-bond acceptors (Lipinski definition) is 9. The third-order valence-corrected chi connectivity index (χ3v) is 7.81. The molecule has 0 unspecified atom stereocenters. The van der Waals surface area contributed by atoms with Crippen LogP contribution in [0.15, 0.2) is 52.3 Å². The van der Waals surface area contributed by atoms with Gasteiger partial charge in [0.15, 0.2) is 11.5 Å². The van der Waals surface area contributed by atoms with Crippen molar-refractivity contribution >= 4 is 45.0 Å². The van der Waals surface area contributed by atoms with Gasteiger partial charge in [0.2, 0.25) is 5.91 Å². The number of thioether (sulfide) groups is 1. The highest BCUT2D eigenvalue weighted by molar-refractivity contribution is 8.18. The van der Waals surface area contributed by atoms with Gasteiger partial charge in [-0.3, -0.25) is 19.3 Å². The Morgan fingerprint density at radius 2 is 1.69 bits per heavy atom. The van der Waals surface area contributed by atoms with Crippen LogP contribution in [0.2, 0.25) is 0 Å². The van der Waals surface area contributed by atoms with Crippen molar-refractivity contribution in [1.82, 2.24) is 9.80 Å². The van der Waals surface area contributed by atoms with Gasteiger partial charge in [-0.15, -0.1) is 0 Å². The number of methoxy groups -OCH3 is 2. The van der Waals surface area contributed by atoms with Crippen LogP contribution in [0.25, 0.3) is 6.08 Å². The zero-order valence-electron chi connectivity index (χ0n) is 19.6. The maximum atomic E-state index is 12.8. The molecule has 2 saturated heterocycles. The molecule has 2 heterocycles. The van der Waals surface area contributed by atoms with Crippen LogP contribution in [0.5, 0.6) is 17.2 Å². The minimum absolute atomic E-state index is 0.0465. The molecule has 2 fully saturated rings. The number of rotatable bonds is 8. The summed E-state index contributed by atoms with van der Waals surface area (Å²) >= 11 is 0.739. The average molecular weight is 533 g/mol. The normalized spacial score (nSPS) is 17.1. The van der Waals surface area contributed by atoms with Crippen LogP contribution in [0.1, 0.15) is 18.4 Å². The van der Waals surface area contributed by atoms with Gasteiger partial charge in [-0.05, 0) is 72.6 Å². The molecule has 2 aromatic rings. The molecule has 2 aliphatic heterocycles. The minimum atomic E-state index is -4.14. The molecule has 0 radical (unpaired) electrons. The van der Waals surface area contributed by atoms with Gasteiger partial charge in [0.1, 0.15) is 17.2 Å². The van der Waals surface area contributed by atoms with Gasteiger partial charge in [-0.2, -0.15) is 8.42 Å². The SMILES string of the molecule is COc1ccc(S(=O)(=O)Oc2ccc(/C=C3\SC(=O)N(CC(=O)N4CCCC4)C3=O)cc2OC)cc1. The highest BCUT2D eigenvalue weighted by atomic mass is 32.2. The number of hydrogen-bond donors (Lipinski definition) is 0. The molecule has 0 aromatic heterocycles. The zero-order chi connectivity index (χ0) is 25.9. The number of carbonyl (C=O) groups is 3. The van der Waals surface area contributed by atoms with Gasteiger partial charge >= 0.3 is 10.1 Å². The van der Waals surface area contributed by atoms with Crippen molar-refractivity contribution in [2.24, 2.45) is 0 Å². The molecule has 36 heavy (non-hydrogen) atoms. The topological polar surface area (TPSA) is 120 Å². The van der Waals surface area contributed by atoms with E-state index in [1.807, 2.05) is 0 Å². The Kier molecular flexibility index (Phi) is 7.55. The number of nitrogens with zero attached hydrogens (tertiary/aromatic N) is 2. The number of carbonyl (C=O) groups excluding carboxylic acids is 3. The summed E-state index contributed by atoms with van der Waals surface area (Å²) in [6.07, 6.45) is 3.31. The first-order valence-corrected chi connectivity index (χ1v) is 13.2. The van der Waals surface area contributed by atoms with Gasteiger partial charge in [0.05, 0.1) is 19.1 Å². The van der Waals surface area contributed by atoms with Crippen LogP contribution in [-0.2, 0) is 19.7 Å². The van der Waals surface area contributed by atoms with Crippen molar-refractivity contribution < 1.29 is 36.5 Å². The summed E-state index contributed by atoms with van der Waals surface area (Å²) in [6.45, 7) is 0.974. The number of likely N-dealkylation sites (tertiary alicyclic amines) is 1. The summed E-state index contributed by atoms with van der Waals surface area (Å²) in [5.74, 6) is -0.240. The van der Waals surface area contributed by atoms with Crippen molar-refractivity contribution in [3.63, 3.8) is 0 Å². The minimum Gasteiger partial charge on any atom is -0.497 e. The molecule has 2 aliphatic rings. The molecule has 0 bridgehead atoms. The Balaban J connectivity index is 1.50. The van der Waals surface area contributed by atoms with Gasteiger partial charge < -0.3 is 18.6 Å². The molecule has 190 valence electrons. The summed E-state index contributed by atoms with van der Waals surface area (Å²) in [4.78, 5) is 40.2. The van der Waals surface area contributed by atoms with E-state index in [9.17, 15) is 22.8 Å². The number of benzene rings is 2. The summed E-state index contributed by atoms with van der Waals surface area (Å²) in [5, 5.41) is -0.517. The maximum Gasteiger partial charge on any atom is 0.339 e. The van der Waals surface area contributed by atoms with Crippen LogP contribution in [-0.4, -0.2) is 69.1 Å². The van der Waals surface area contributed by atoms with E-state index in [0.29, 0.717) is 24.4 Å². The molecule has 0 spiro atoms. The third kappa shape index (κ3) is 5.49. The lowest BCUT2D eigenvalue weighted by Crippen LogP contribution is -2.40. The molecule has 0 saturated carbocycles. The average Bonchev–Trinajstić information content (AvgIpc) is 3.50. The van der Waals surface area contributed by atoms with Crippen LogP contribution >= 0.6 is 11.8 Å². The second-order valence-electron chi connectivity index (χ2n) is 7.98. The standard InChI is InChI=1S/C24H24N2O8S2/c1-32-17-6-8-18(9-7-17)36(30,31)34-19-10-5-16(13-20(19)33-2)14-21-23(28)26(24(29)35-21)15-22(27)25-11-3-4-12-25/h5-10,13-14H,3-4,11-12,15H2,1-2H3/b21-14-. The predicted molar refractivity (Wildman–Crippen MR) is 132 cm³/mol. The fourth-order valence-corrected chi connectivity index (χ4v) is 5.52. The quantitative estimate of drug-likeness (QED) is 0.373. The highest BCUT2D eigenvalue weighted by Crippen LogP contribution is 2.35. The molecule has 4 rings (SSSR count). The Hall–Kier alpha value is -3.51. The predicted octanol–water partition coefficient (Wildman–Crippen LogP) is 3.13. The summed E-state index contributed by atoms with van der Waals surface area (Å²) in [6, 6.07) is 10.1. The molecule has 2 aromatic carbocycles. The fourth-order valence-electron chi connectivity index (χ4n) is 3.74. The molecular formula is C24H24N2O8S2. The third-order valence-electron chi connectivity index (χ3n) is 5.66. The molecule has 3 amide bonds. The second kappa shape index (κ2) is 10.6. The summed E-state index contributed by atoms with van der Waals surface area (Å²) in [5.41, 5.74) is 0.484. The van der Waals surface area contributed by atoms with E-state index in [0.717, 1.165) is 29.5 Å². The molecule has 10 nitrogen and oxygen atoms in total. The number of amides is 3. The zero-order valence-corrected chi connectivity index (χ0v) is 21.3.